The summed E-state index contributed by atoms with van der Waals surface area (Å²) in [5.41, 5.74) is 4.82. The minimum absolute atomic E-state index is 0.117. The molecule has 20 heavy (non-hydrogen) atoms. The third-order valence-electron chi connectivity index (χ3n) is 3.01. The molecule has 1 amide bonds. The van der Waals surface area contributed by atoms with Crippen LogP contribution in [-0.4, -0.2) is 5.91 Å². The number of anilines is 1. The molecule has 0 saturated heterocycles. The van der Waals surface area contributed by atoms with Crippen LogP contribution in [0.3, 0.4) is 0 Å². The maximum atomic E-state index is 12.1. The molecular weight excluding hydrogens is 274 g/mol. The molecule has 2 rings (SSSR count). The molecule has 0 heterocycles. The summed E-state index contributed by atoms with van der Waals surface area (Å²) in [7, 11) is 0. The van der Waals surface area contributed by atoms with Crippen LogP contribution in [-0.2, 0) is 0 Å². The molecular formula is C15H16ClN3O. The Morgan fingerprint density at radius 3 is 2.50 bits per heavy atom. The predicted molar refractivity (Wildman–Crippen MR) is 81.6 cm³/mol. The number of benzene rings is 2. The Bertz CT molecular complexity index is 598. The van der Waals surface area contributed by atoms with Gasteiger partial charge in [0.2, 0.25) is 0 Å². The second kappa shape index (κ2) is 6.41. The number of amides is 1. The van der Waals surface area contributed by atoms with Crippen molar-refractivity contribution in [2.24, 2.45) is 5.84 Å². The highest BCUT2D eigenvalue weighted by atomic mass is 35.5. The van der Waals surface area contributed by atoms with Crippen LogP contribution in [0.4, 0.5) is 5.69 Å². The first-order valence-corrected chi connectivity index (χ1v) is 6.61. The molecule has 0 aliphatic carbocycles. The third-order valence-corrected chi connectivity index (χ3v) is 3.25. The first kappa shape index (κ1) is 14.4. The van der Waals surface area contributed by atoms with E-state index in [0.29, 0.717) is 10.6 Å². The zero-order valence-corrected chi connectivity index (χ0v) is 11.8. The van der Waals surface area contributed by atoms with E-state index in [9.17, 15) is 4.79 Å². The number of halogens is 1. The summed E-state index contributed by atoms with van der Waals surface area (Å²) >= 11 is 5.94. The van der Waals surface area contributed by atoms with Crippen LogP contribution >= 0.6 is 11.6 Å². The van der Waals surface area contributed by atoms with Crippen molar-refractivity contribution in [3.63, 3.8) is 0 Å². The second-order valence-corrected chi connectivity index (χ2v) is 4.91. The summed E-state index contributed by atoms with van der Waals surface area (Å²) in [6.45, 7) is 1.92. The summed E-state index contributed by atoms with van der Waals surface area (Å²) in [5, 5.41) is 3.58. The van der Waals surface area contributed by atoms with Crippen molar-refractivity contribution < 1.29 is 4.79 Å². The Kier molecular flexibility index (Phi) is 4.61. The lowest BCUT2D eigenvalue weighted by atomic mass is 10.1. The van der Waals surface area contributed by atoms with Crippen molar-refractivity contribution in [1.82, 2.24) is 5.32 Å². The lowest BCUT2D eigenvalue weighted by Gasteiger charge is -2.14. The topological polar surface area (TPSA) is 67.2 Å². The lowest BCUT2D eigenvalue weighted by Crippen LogP contribution is -2.26. The van der Waals surface area contributed by atoms with E-state index in [0.717, 1.165) is 11.3 Å². The summed E-state index contributed by atoms with van der Waals surface area (Å²) in [6, 6.07) is 14.3. The number of hydrogen-bond donors (Lipinski definition) is 3. The Morgan fingerprint density at radius 1 is 1.20 bits per heavy atom. The molecule has 1 atom stereocenters. The molecule has 0 spiro atoms. The van der Waals surface area contributed by atoms with Gasteiger partial charge in [0.1, 0.15) is 0 Å². The van der Waals surface area contributed by atoms with Gasteiger partial charge in [0, 0.05) is 16.3 Å². The van der Waals surface area contributed by atoms with Crippen LogP contribution in [0.25, 0.3) is 0 Å². The Morgan fingerprint density at radius 2 is 1.90 bits per heavy atom. The average Bonchev–Trinajstić information content (AvgIpc) is 2.47. The highest BCUT2D eigenvalue weighted by Crippen LogP contribution is 2.18. The fourth-order valence-electron chi connectivity index (χ4n) is 1.86. The summed E-state index contributed by atoms with van der Waals surface area (Å²) in [5.74, 6) is 5.15. The predicted octanol–water partition coefficient (Wildman–Crippen LogP) is 3.12. The van der Waals surface area contributed by atoms with Crippen molar-refractivity contribution in [2.45, 2.75) is 13.0 Å². The molecule has 0 bridgehead atoms. The van der Waals surface area contributed by atoms with E-state index in [1.807, 2.05) is 25.1 Å². The Balaban J connectivity index is 2.06. The molecule has 4 N–H and O–H groups in total. The van der Waals surface area contributed by atoms with E-state index >= 15 is 0 Å². The first-order chi connectivity index (χ1) is 9.60. The monoisotopic (exact) mass is 289 g/mol. The first-order valence-electron chi connectivity index (χ1n) is 6.23. The molecule has 0 aromatic heterocycles. The van der Waals surface area contributed by atoms with Gasteiger partial charge >= 0.3 is 0 Å². The van der Waals surface area contributed by atoms with E-state index in [-0.39, 0.29) is 11.9 Å². The van der Waals surface area contributed by atoms with Crippen LogP contribution in [0.2, 0.25) is 5.02 Å². The van der Waals surface area contributed by atoms with Crippen molar-refractivity contribution in [2.75, 3.05) is 5.43 Å². The molecule has 2 aromatic carbocycles. The number of rotatable bonds is 4. The van der Waals surface area contributed by atoms with Gasteiger partial charge in [0.05, 0.1) is 6.04 Å². The number of nitrogens with one attached hydrogen (secondary N) is 2. The molecule has 2 aromatic rings. The number of hydrogen-bond acceptors (Lipinski definition) is 3. The van der Waals surface area contributed by atoms with Gasteiger partial charge in [0.25, 0.3) is 5.91 Å². The van der Waals surface area contributed by atoms with Crippen LogP contribution in [0, 0.1) is 0 Å². The fraction of sp³-hybridized carbons (Fsp3) is 0.133. The number of hydrazine groups is 1. The van der Waals surface area contributed by atoms with Crippen molar-refractivity contribution in [1.29, 1.82) is 0 Å². The van der Waals surface area contributed by atoms with Gasteiger partial charge in [-0.2, -0.15) is 0 Å². The summed E-state index contributed by atoms with van der Waals surface area (Å²) in [4.78, 5) is 12.1. The van der Waals surface area contributed by atoms with Crippen LogP contribution in [0.15, 0.2) is 48.5 Å². The molecule has 0 fully saturated rings. The van der Waals surface area contributed by atoms with E-state index in [4.69, 9.17) is 17.4 Å². The third kappa shape index (κ3) is 3.50. The van der Waals surface area contributed by atoms with Gasteiger partial charge < -0.3 is 10.7 Å². The molecule has 1 unspecified atom stereocenters. The van der Waals surface area contributed by atoms with Gasteiger partial charge in [-0.3, -0.25) is 10.6 Å². The largest absolute Gasteiger partial charge is 0.346 e. The number of carbonyl (C=O) groups is 1. The maximum Gasteiger partial charge on any atom is 0.251 e. The normalized spacial score (nSPS) is 11.8. The molecule has 104 valence electrons. The number of nitrogen functional groups attached to an aromatic ring is 1. The zero-order chi connectivity index (χ0) is 14.5. The molecule has 5 heteroatoms. The van der Waals surface area contributed by atoms with E-state index in [1.54, 1.807) is 30.3 Å². The minimum atomic E-state index is -0.138. The fourth-order valence-corrected chi connectivity index (χ4v) is 2.06. The lowest BCUT2D eigenvalue weighted by molar-refractivity contribution is 0.0940. The zero-order valence-electron chi connectivity index (χ0n) is 11.1. The highest BCUT2D eigenvalue weighted by Gasteiger charge is 2.11. The van der Waals surface area contributed by atoms with Crippen LogP contribution in [0.5, 0.6) is 0 Å². The smallest absolute Gasteiger partial charge is 0.251 e. The van der Waals surface area contributed by atoms with Crippen molar-refractivity contribution in [3.8, 4) is 0 Å². The summed E-state index contributed by atoms with van der Waals surface area (Å²) < 4.78 is 0. The molecule has 0 aliphatic rings. The Hall–Kier alpha value is -2.04. The minimum Gasteiger partial charge on any atom is -0.346 e. The quantitative estimate of drug-likeness (QED) is 0.598. The number of carbonyl (C=O) groups excluding carboxylic acids is 1. The molecule has 0 radical (unpaired) electrons. The Labute approximate surface area is 122 Å². The van der Waals surface area contributed by atoms with Gasteiger partial charge in [0.15, 0.2) is 0 Å². The van der Waals surface area contributed by atoms with E-state index in [1.165, 1.54) is 0 Å². The van der Waals surface area contributed by atoms with E-state index < -0.39 is 0 Å². The second-order valence-electron chi connectivity index (χ2n) is 4.47. The molecule has 0 aliphatic heterocycles. The van der Waals surface area contributed by atoms with Crippen molar-refractivity contribution >= 4 is 23.2 Å². The van der Waals surface area contributed by atoms with Crippen LogP contribution in [0.1, 0.15) is 28.9 Å². The highest BCUT2D eigenvalue weighted by molar-refractivity contribution is 6.30. The van der Waals surface area contributed by atoms with E-state index in [2.05, 4.69) is 10.7 Å². The SMILES string of the molecule is CC(NC(=O)c1ccc(NN)cc1)c1cccc(Cl)c1. The van der Waals surface area contributed by atoms with Gasteiger partial charge in [-0.1, -0.05) is 23.7 Å². The summed E-state index contributed by atoms with van der Waals surface area (Å²) in [6.07, 6.45) is 0. The van der Waals surface area contributed by atoms with Gasteiger partial charge in [-0.25, -0.2) is 0 Å². The standard InChI is InChI=1S/C15H16ClN3O/c1-10(12-3-2-4-13(16)9-12)18-15(20)11-5-7-14(19-17)8-6-11/h2-10,19H,17H2,1H3,(H,18,20). The van der Waals surface area contributed by atoms with Crippen molar-refractivity contribution in [3.05, 3.63) is 64.7 Å². The average molecular weight is 290 g/mol. The van der Waals surface area contributed by atoms with Gasteiger partial charge in [-0.05, 0) is 48.9 Å². The van der Waals surface area contributed by atoms with Gasteiger partial charge in [-0.15, -0.1) is 0 Å². The molecule has 0 saturated carbocycles. The number of nitrogens with two attached hydrogens (primary N) is 1. The maximum absolute atomic E-state index is 12.1. The molecule has 4 nitrogen and oxygen atoms in total. The van der Waals surface area contributed by atoms with Crippen LogP contribution < -0.4 is 16.6 Å².